The smallest absolute Gasteiger partial charge is 0.217 e. The summed E-state index contributed by atoms with van der Waals surface area (Å²) in [5, 5.41) is 10.6. The minimum absolute atomic E-state index is 0.109. The molecular formula is C6H9NO2. The van der Waals surface area contributed by atoms with Crippen molar-refractivity contribution in [3.05, 3.63) is 0 Å². The first-order chi connectivity index (χ1) is 4.27. The number of carbonyl (C=O) groups excluding carboxylic acids is 1. The minimum Gasteiger partial charge on any atom is -0.384 e. The minimum atomic E-state index is -0.153. The van der Waals surface area contributed by atoms with E-state index < -0.39 is 0 Å². The highest BCUT2D eigenvalue weighted by Crippen LogP contribution is 1.58. The molecule has 0 aliphatic carbocycles. The van der Waals surface area contributed by atoms with Crippen LogP contribution in [0.3, 0.4) is 0 Å². The number of hydrogen-bond donors (Lipinski definition) is 2. The zero-order chi connectivity index (χ0) is 7.11. The molecule has 0 heterocycles. The SMILES string of the molecule is CC(=O)NCC#CCO. The van der Waals surface area contributed by atoms with E-state index in [1.54, 1.807) is 0 Å². The van der Waals surface area contributed by atoms with Gasteiger partial charge in [0.15, 0.2) is 0 Å². The molecule has 0 saturated heterocycles. The average molecular weight is 127 g/mol. The van der Waals surface area contributed by atoms with Gasteiger partial charge in [0.05, 0.1) is 6.54 Å². The lowest BCUT2D eigenvalue weighted by Gasteiger charge is -1.89. The van der Waals surface area contributed by atoms with E-state index in [1.807, 2.05) is 0 Å². The summed E-state index contributed by atoms with van der Waals surface area (Å²) < 4.78 is 0. The van der Waals surface area contributed by atoms with Crippen LogP contribution >= 0.6 is 0 Å². The maximum absolute atomic E-state index is 10.2. The van der Waals surface area contributed by atoms with Crippen LogP contribution in [0.1, 0.15) is 6.92 Å². The molecule has 0 aromatic rings. The molecule has 0 rings (SSSR count). The van der Waals surface area contributed by atoms with E-state index in [-0.39, 0.29) is 12.5 Å². The first kappa shape index (κ1) is 7.99. The molecule has 0 aromatic heterocycles. The molecule has 0 spiro atoms. The molecule has 0 radical (unpaired) electrons. The monoisotopic (exact) mass is 127 g/mol. The summed E-state index contributed by atoms with van der Waals surface area (Å²) in [5.41, 5.74) is 0. The number of carbonyl (C=O) groups is 1. The molecule has 0 aliphatic heterocycles. The van der Waals surface area contributed by atoms with Crippen molar-refractivity contribution in [2.45, 2.75) is 6.92 Å². The van der Waals surface area contributed by atoms with Gasteiger partial charge >= 0.3 is 0 Å². The molecule has 0 unspecified atom stereocenters. The summed E-state index contributed by atoms with van der Waals surface area (Å²) >= 11 is 0. The van der Waals surface area contributed by atoms with Crippen LogP contribution in [0.5, 0.6) is 0 Å². The number of aliphatic hydroxyl groups is 1. The van der Waals surface area contributed by atoms with Crippen LogP contribution in [-0.2, 0) is 4.79 Å². The first-order valence-corrected chi connectivity index (χ1v) is 2.58. The first-order valence-electron chi connectivity index (χ1n) is 2.58. The lowest BCUT2D eigenvalue weighted by Crippen LogP contribution is -2.19. The topological polar surface area (TPSA) is 49.3 Å². The molecule has 0 atom stereocenters. The normalized spacial score (nSPS) is 7.33. The summed E-state index contributed by atoms with van der Waals surface area (Å²) in [6, 6.07) is 0. The van der Waals surface area contributed by atoms with Crippen LogP contribution in [0.4, 0.5) is 0 Å². The summed E-state index contributed by atoms with van der Waals surface area (Å²) in [4.78, 5) is 10.2. The van der Waals surface area contributed by atoms with Crippen molar-refractivity contribution in [2.24, 2.45) is 0 Å². The van der Waals surface area contributed by atoms with Gasteiger partial charge in [-0.05, 0) is 0 Å². The third-order valence-corrected chi connectivity index (χ3v) is 0.630. The van der Waals surface area contributed by atoms with E-state index in [2.05, 4.69) is 17.2 Å². The molecule has 0 aliphatic rings. The molecule has 0 fully saturated rings. The van der Waals surface area contributed by atoms with Gasteiger partial charge in [0, 0.05) is 6.92 Å². The quantitative estimate of drug-likeness (QED) is 0.449. The maximum Gasteiger partial charge on any atom is 0.217 e. The molecule has 3 heteroatoms. The van der Waals surface area contributed by atoms with Crippen molar-refractivity contribution in [1.29, 1.82) is 0 Å². The summed E-state index contributed by atoms with van der Waals surface area (Å²) in [6.07, 6.45) is 0. The molecule has 0 bridgehead atoms. The fourth-order valence-corrected chi connectivity index (χ4v) is 0.287. The molecule has 9 heavy (non-hydrogen) atoms. The van der Waals surface area contributed by atoms with Gasteiger partial charge in [-0.1, -0.05) is 11.8 Å². The van der Waals surface area contributed by atoms with E-state index in [4.69, 9.17) is 5.11 Å². The van der Waals surface area contributed by atoms with Crippen LogP contribution < -0.4 is 5.32 Å². The highest BCUT2D eigenvalue weighted by atomic mass is 16.2. The van der Waals surface area contributed by atoms with Gasteiger partial charge in [0.25, 0.3) is 0 Å². The van der Waals surface area contributed by atoms with Crippen molar-refractivity contribution in [3.8, 4) is 11.8 Å². The number of amides is 1. The van der Waals surface area contributed by atoms with Crippen molar-refractivity contribution < 1.29 is 9.90 Å². The van der Waals surface area contributed by atoms with Crippen LogP contribution in [-0.4, -0.2) is 24.2 Å². The Bertz CT molecular complexity index is 143. The Labute approximate surface area is 54.1 Å². The molecular weight excluding hydrogens is 118 g/mol. The molecule has 50 valence electrons. The summed E-state index contributed by atoms with van der Waals surface area (Å²) in [6.45, 7) is 1.58. The van der Waals surface area contributed by atoms with Gasteiger partial charge in [-0.15, -0.1) is 0 Å². The summed E-state index contributed by atoms with van der Waals surface area (Å²) in [5.74, 6) is 4.82. The summed E-state index contributed by atoms with van der Waals surface area (Å²) in [7, 11) is 0. The Morgan fingerprint density at radius 1 is 1.67 bits per heavy atom. The number of aliphatic hydroxyl groups excluding tert-OH is 1. The van der Waals surface area contributed by atoms with Gasteiger partial charge in [0.1, 0.15) is 6.61 Å². The molecule has 0 saturated carbocycles. The Hall–Kier alpha value is -1.01. The average Bonchev–Trinajstić information content (AvgIpc) is 1.80. The number of nitrogens with one attached hydrogen (secondary N) is 1. The Kier molecular flexibility index (Phi) is 4.56. The highest BCUT2D eigenvalue weighted by molar-refractivity contribution is 5.73. The van der Waals surface area contributed by atoms with Gasteiger partial charge in [-0.2, -0.15) is 0 Å². The third kappa shape index (κ3) is 6.99. The van der Waals surface area contributed by atoms with E-state index in [1.165, 1.54) is 6.92 Å². The second-order valence-corrected chi connectivity index (χ2v) is 1.42. The zero-order valence-electron chi connectivity index (χ0n) is 5.27. The standard InChI is InChI=1S/C6H9NO2/c1-6(9)7-4-2-3-5-8/h8H,4-5H2,1H3,(H,7,9). The second kappa shape index (κ2) is 5.13. The molecule has 3 nitrogen and oxygen atoms in total. The van der Waals surface area contributed by atoms with E-state index in [9.17, 15) is 4.79 Å². The van der Waals surface area contributed by atoms with Crippen molar-refractivity contribution >= 4 is 5.91 Å². The predicted octanol–water partition coefficient (Wildman–Crippen LogP) is -0.882. The number of hydrogen-bond acceptors (Lipinski definition) is 2. The molecule has 0 aromatic carbocycles. The fraction of sp³-hybridized carbons (Fsp3) is 0.500. The lowest BCUT2D eigenvalue weighted by atomic mass is 10.5. The van der Waals surface area contributed by atoms with E-state index in [0.717, 1.165) is 0 Å². The Morgan fingerprint density at radius 3 is 2.78 bits per heavy atom. The van der Waals surface area contributed by atoms with Crippen LogP contribution in [0.15, 0.2) is 0 Å². The predicted molar refractivity (Wildman–Crippen MR) is 33.5 cm³/mol. The van der Waals surface area contributed by atoms with Crippen LogP contribution in [0, 0.1) is 11.8 Å². The number of rotatable bonds is 1. The van der Waals surface area contributed by atoms with Crippen molar-refractivity contribution in [3.63, 3.8) is 0 Å². The maximum atomic E-state index is 10.2. The molecule has 1 amide bonds. The zero-order valence-corrected chi connectivity index (χ0v) is 5.27. The van der Waals surface area contributed by atoms with Gasteiger partial charge < -0.3 is 10.4 Å². The Morgan fingerprint density at radius 2 is 2.33 bits per heavy atom. The van der Waals surface area contributed by atoms with E-state index in [0.29, 0.717) is 6.54 Å². The van der Waals surface area contributed by atoms with Gasteiger partial charge in [-0.3, -0.25) is 4.79 Å². The van der Waals surface area contributed by atoms with Crippen LogP contribution in [0.2, 0.25) is 0 Å². The highest BCUT2D eigenvalue weighted by Gasteiger charge is 1.82. The van der Waals surface area contributed by atoms with E-state index >= 15 is 0 Å². The van der Waals surface area contributed by atoms with Gasteiger partial charge in [-0.25, -0.2) is 0 Å². The molecule has 2 N–H and O–H groups in total. The Balaban J connectivity index is 3.19. The second-order valence-electron chi connectivity index (χ2n) is 1.42. The van der Waals surface area contributed by atoms with Crippen molar-refractivity contribution in [1.82, 2.24) is 5.32 Å². The third-order valence-electron chi connectivity index (χ3n) is 0.630. The largest absolute Gasteiger partial charge is 0.384 e. The van der Waals surface area contributed by atoms with Crippen molar-refractivity contribution in [2.75, 3.05) is 13.2 Å². The lowest BCUT2D eigenvalue weighted by molar-refractivity contribution is -0.118. The van der Waals surface area contributed by atoms with Gasteiger partial charge in [0.2, 0.25) is 5.91 Å². The van der Waals surface area contributed by atoms with Crippen LogP contribution in [0.25, 0.3) is 0 Å². The fourth-order valence-electron chi connectivity index (χ4n) is 0.287.